The molecule has 0 radical (unpaired) electrons. The summed E-state index contributed by atoms with van der Waals surface area (Å²) >= 11 is 0. The zero-order chi connectivity index (χ0) is 10.7. The lowest BCUT2D eigenvalue weighted by atomic mass is 10.1. The fraction of sp³-hybridized carbons (Fsp3) is 0.417. The van der Waals surface area contributed by atoms with Crippen LogP contribution in [0.1, 0.15) is 22.8 Å². The van der Waals surface area contributed by atoms with E-state index in [1.54, 1.807) is 0 Å². The Hall–Kier alpha value is -1.35. The lowest BCUT2D eigenvalue weighted by Gasteiger charge is -2.04. The highest BCUT2D eigenvalue weighted by Crippen LogP contribution is 2.22. The second kappa shape index (κ2) is 4.45. The highest BCUT2D eigenvalue weighted by Gasteiger charge is 2.12. The molecule has 3 heteroatoms. The van der Waals surface area contributed by atoms with Crippen LogP contribution in [-0.2, 0) is 6.42 Å². The van der Waals surface area contributed by atoms with Gasteiger partial charge in [0.25, 0.3) is 0 Å². The van der Waals surface area contributed by atoms with E-state index in [-0.39, 0.29) is 5.78 Å². The summed E-state index contributed by atoms with van der Waals surface area (Å²) in [5, 5.41) is 6.33. The number of hydrogen-bond donors (Lipinski definition) is 2. The molecule has 3 nitrogen and oxygen atoms in total. The van der Waals surface area contributed by atoms with E-state index in [1.165, 1.54) is 11.3 Å². The first-order valence-electron chi connectivity index (χ1n) is 5.42. The third kappa shape index (κ3) is 2.18. The maximum Gasteiger partial charge on any atom is 0.176 e. The van der Waals surface area contributed by atoms with Crippen molar-refractivity contribution >= 4 is 11.5 Å². The Bertz CT molecular complexity index is 374. The van der Waals surface area contributed by atoms with Crippen LogP contribution in [0.4, 0.5) is 5.69 Å². The molecule has 0 saturated heterocycles. The second-order valence-electron chi connectivity index (χ2n) is 3.75. The lowest BCUT2D eigenvalue weighted by Crippen LogP contribution is -2.22. The summed E-state index contributed by atoms with van der Waals surface area (Å²) < 4.78 is 0. The van der Waals surface area contributed by atoms with E-state index in [0.29, 0.717) is 6.54 Å². The van der Waals surface area contributed by atoms with Gasteiger partial charge < -0.3 is 10.6 Å². The van der Waals surface area contributed by atoms with Gasteiger partial charge in [-0.25, -0.2) is 0 Å². The second-order valence-corrected chi connectivity index (χ2v) is 3.75. The van der Waals surface area contributed by atoms with E-state index in [4.69, 9.17) is 0 Å². The van der Waals surface area contributed by atoms with Crippen LogP contribution in [0.25, 0.3) is 0 Å². The Morgan fingerprint density at radius 3 is 3.20 bits per heavy atom. The quantitative estimate of drug-likeness (QED) is 0.729. The van der Waals surface area contributed by atoms with Gasteiger partial charge in [-0.3, -0.25) is 4.79 Å². The molecule has 0 unspecified atom stereocenters. The number of carbonyl (C=O) groups is 1. The molecule has 1 aliphatic heterocycles. The number of benzene rings is 1. The van der Waals surface area contributed by atoms with E-state index >= 15 is 0 Å². The van der Waals surface area contributed by atoms with Crippen molar-refractivity contribution in [2.75, 3.05) is 25.0 Å². The van der Waals surface area contributed by atoms with Crippen molar-refractivity contribution in [2.24, 2.45) is 0 Å². The molecule has 80 valence electrons. The standard InChI is InChI=1S/C12H16N2O/c1-2-13-8-12(15)10-3-4-11-9(7-10)5-6-14-11/h3-4,7,13-14H,2,5-6,8H2,1H3. The molecule has 1 heterocycles. The van der Waals surface area contributed by atoms with Gasteiger partial charge in [0.1, 0.15) is 0 Å². The molecule has 0 saturated carbocycles. The SMILES string of the molecule is CCNCC(=O)c1ccc2c(c1)CCN2. The molecule has 1 aromatic rings. The van der Waals surface area contributed by atoms with Crippen molar-refractivity contribution in [1.29, 1.82) is 0 Å². The Kier molecular flexibility index (Phi) is 3.02. The zero-order valence-corrected chi connectivity index (χ0v) is 8.97. The smallest absolute Gasteiger partial charge is 0.176 e. The summed E-state index contributed by atoms with van der Waals surface area (Å²) in [6, 6.07) is 5.91. The van der Waals surface area contributed by atoms with Gasteiger partial charge in [-0.1, -0.05) is 6.92 Å². The van der Waals surface area contributed by atoms with Crippen LogP contribution in [0.2, 0.25) is 0 Å². The van der Waals surface area contributed by atoms with Gasteiger partial charge in [-0.05, 0) is 36.7 Å². The van der Waals surface area contributed by atoms with Gasteiger partial charge in [-0.2, -0.15) is 0 Å². The summed E-state index contributed by atoms with van der Waals surface area (Å²) in [6.07, 6.45) is 1.03. The molecule has 2 rings (SSSR count). The number of likely N-dealkylation sites (N-methyl/N-ethyl adjacent to an activating group) is 1. The Morgan fingerprint density at radius 2 is 2.40 bits per heavy atom. The molecule has 0 fully saturated rings. The summed E-state index contributed by atoms with van der Waals surface area (Å²) in [6.45, 7) is 4.25. The molecule has 0 amide bonds. The molecule has 2 N–H and O–H groups in total. The monoisotopic (exact) mass is 204 g/mol. The molecule has 0 bridgehead atoms. The van der Waals surface area contributed by atoms with Crippen molar-refractivity contribution in [1.82, 2.24) is 5.32 Å². The highest BCUT2D eigenvalue weighted by molar-refractivity contribution is 5.98. The molecular formula is C12H16N2O. The van der Waals surface area contributed by atoms with Gasteiger partial charge in [0.2, 0.25) is 0 Å². The van der Waals surface area contributed by atoms with E-state index < -0.39 is 0 Å². The summed E-state index contributed by atoms with van der Waals surface area (Å²) in [7, 11) is 0. The van der Waals surface area contributed by atoms with Crippen molar-refractivity contribution < 1.29 is 4.79 Å². The van der Waals surface area contributed by atoms with Crippen LogP contribution in [0.15, 0.2) is 18.2 Å². The Balaban J connectivity index is 2.12. The molecule has 0 atom stereocenters. The number of carbonyl (C=O) groups excluding carboxylic acids is 1. The summed E-state index contributed by atoms with van der Waals surface area (Å²) in [4.78, 5) is 11.7. The molecule has 0 aromatic heterocycles. The fourth-order valence-corrected chi connectivity index (χ4v) is 1.82. The highest BCUT2D eigenvalue weighted by atomic mass is 16.1. The number of anilines is 1. The third-order valence-corrected chi connectivity index (χ3v) is 2.67. The van der Waals surface area contributed by atoms with Crippen molar-refractivity contribution in [3.8, 4) is 0 Å². The minimum absolute atomic E-state index is 0.173. The molecule has 15 heavy (non-hydrogen) atoms. The minimum Gasteiger partial charge on any atom is -0.384 e. The molecular weight excluding hydrogens is 188 g/mol. The first-order valence-corrected chi connectivity index (χ1v) is 5.42. The number of ketones is 1. The predicted molar refractivity (Wildman–Crippen MR) is 61.5 cm³/mol. The van der Waals surface area contributed by atoms with Crippen LogP contribution in [-0.4, -0.2) is 25.4 Å². The number of Topliss-reactive ketones (excluding diaryl/α,β-unsaturated/α-hetero) is 1. The van der Waals surface area contributed by atoms with Crippen LogP contribution in [0.3, 0.4) is 0 Å². The zero-order valence-electron chi connectivity index (χ0n) is 8.97. The van der Waals surface area contributed by atoms with Gasteiger partial charge in [0, 0.05) is 17.8 Å². The average Bonchev–Trinajstić information content (AvgIpc) is 2.72. The molecule has 1 aromatic carbocycles. The van der Waals surface area contributed by atoms with Crippen LogP contribution in [0.5, 0.6) is 0 Å². The lowest BCUT2D eigenvalue weighted by molar-refractivity contribution is 0.0991. The first-order chi connectivity index (χ1) is 7.31. The number of rotatable bonds is 4. The van der Waals surface area contributed by atoms with E-state index in [2.05, 4.69) is 10.6 Å². The van der Waals surface area contributed by atoms with Crippen molar-refractivity contribution in [2.45, 2.75) is 13.3 Å². The van der Waals surface area contributed by atoms with Gasteiger partial charge in [-0.15, -0.1) is 0 Å². The number of hydrogen-bond acceptors (Lipinski definition) is 3. The average molecular weight is 204 g/mol. The van der Waals surface area contributed by atoms with Crippen LogP contribution < -0.4 is 10.6 Å². The largest absolute Gasteiger partial charge is 0.384 e. The molecule has 1 aliphatic rings. The topological polar surface area (TPSA) is 41.1 Å². The normalized spacial score (nSPS) is 13.4. The third-order valence-electron chi connectivity index (χ3n) is 2.67. The fourth-order valence-electron chi connectivity index (χ4n) is 1.82. The number of nitrogens with one attached hydrogen (secondary N) is 2. The summed E-state index contributed by atoms with van der Waals surface area (Å²) in [5.41, 5.74) is 3.26. The Morgan fingerprint density at radius 1 is 1.53 bits per heavy atom. The maximum absolute atomic E-state index is 11.7. The molecule has 0 spiro atoms. The Labute approximate surface area is 89.9 Å². The van der Waals surface area contributed by atoms with E-state index in [0.717, 1.165) is 25.1 Å². The minimum atomic E-state index is 0.173. The predicted octanol–water partition coefficient (Wildman–Crippen LogP) is 1.45. The van der Waals surface area contributed by atoms with E-state index in [1.807, 2.05) is 25.1 Å². The van der Waals surface area contributed by atoms with Crippen LogP contribution >= 0.6 is 0 Å². The van der Waals surface area contributed by atoms with Gasteiger partial charge in [0.15, 0.2) is 5.78 Å². The van der Waals surface area contributed by atoms with Crippen molar-refractivity contribution in [3.05, 3.63) is 29.3 Å². The first kappa shape index (κ1) is 10.2. The molecule has 0 aliphatic carbocycles. The van der Waals surface area contributed by atoms with Gasteiger partial charge >= 0.3 is 0 Å². The summed E-state index contributed by atoms with van der Waals surface area (Å²) in [5.74, 6) is 0.173. The van der Waals surface area contributed by atoms with E-state index in [9.17, 15) is 4.79 Å². The van der Waals surface area contributed by atoms with Crippen LogP contribution in [0, 0.1) is 0 Å². The number of fused-ring (bicyclic) bond motifs is 1. The maximum atomic E-state index is 11.7. The van der Waals surface area contributed by atoms with Crippen molar-refractivity contribution in [3.63, 3.8) is 0 Å². The van der Waals surface area contributed by atoms with Gasteiger partial charge in [0.05, 0.1) is 6.54 Å².